The molecule has 0 bridgehead atoms. The molecule has 2 unspecified atom stereocenters. The Balaban J connectivity index is 1.79. The molecule has 0 aliphatic carbocycles. The molecule has 1 N–H and O–H groups in total. The molecule has 2 aromatic rings. The highest BCUT2D eigenvalue weighted by molar-refractivity contribution is 6.31. The third-order valence-corrected chi connectivity index (χ3v) is 4.59. The lowest BCUT2D eigenvalue weighted by molar-refractivity contribution is 0.0874. The standard InChI is InChI=1S/C16H18ClN5O/c1-21-8-6-19-16(21)15(23)11-3-2-7-22(10-11)14-5-4-12(17)13(9-18)20-14/h4-6,8,11,15,23H,2-3,7,10H2,1H3. The molecule has 0 amide bonds. The molecular formula is C16H18ClN5O. The summed E-state index contributed by atoms with van der Waals surface area (Å²) in [7, 11) is 1.88. The Morgan fingerprint density at radius 2 is 2.30 bits per heavy atom. The Bertz CT molecular complexity index is 738. The van der Waals surface area contributed by atoms with E-state index in [-0.39, 0.29) is 11.6 Å². The van der Waals surface area contributed by atoms with Crippen molar-refractivity contribution in [3.8, 4) is 6.07 Å². The number of nitrogens with zero attached hydrogens (tertiary/aromatic N) is 5. The van der Waals surface area contributed by atoms with Crippen molar-refractivity contribution >= 4 is 17.4 Å². The van der Waals surface area contributed by atoms with Gasteiger partial charge < -0.3 is 14.6 Å². The Labute approximate surface area is 140 Å². The summed E-state index contributed by atoms with van der Waals surface area (Å²) >= 11 is 5.94. The first-order valence-corrected chi connectivity index (χ1v) is 7.95. The second kappa shape index (κ2) is 6.57. The van der Waals surface area contributed by atoms with E-state index in [0.717, 1.165) is 25.2 Å². The Morgan fingerprint density at radius 3 is 3.00 bits per heavy atom. The average molecular weight is 332 g/mol. The number of anilines is 1. The minimum atomic E-state index is -0.611. The number of aryl methyl sites for hydroxylation is 1. The van der Waals surface area contributed by atoms with Gasteiger partial charge in [0, 0.05) is 38.4 Å². The predicted octanol–water partition coefficient (Wildman–Crippen LogP) is 2.29. The van der Waals surface area contributed by atoms with Crippen LogP contribution < -0.4 is 4.90 Å². The monoisotopic (exact) mass is 331 g/mol. The summed E-state index contributed by atoms with van der Waals surface area (Å²) < 4.78 is 1.85. The van der Waals surface area contributed by atoms with Crippen LogP contribution in [0.3, 0.4) is 0 Å². The van der Waals surface area contributed by atoms with Gasteiger partial charge in [-0.1, -0.05) is 11.6 Å². The van der Waals surface area contributed by atoms with Gasteiger partial charge in [-0.25, -0.2) is 9.97 Å². The average Bonchev–Trinajstić information content (AvgIpc) is 3.01. The lowest BCUT2D eigenvalue weighted by Gasteiger charge is -2.35. The lowest BCUT2D eigenvalue weighted by Crippen LogP contribution is -2.38. The number of aliphatic hydroxyl groups excluding tert-OH is 1. The van der Waals surface area contributed by atoms with Gasteiger partial charge >= 0.3 is 0 Å². The molecule has 0 aromatic carbocycles. The summed E-state index contributed by atoms with van der Waals surface area (Å²) in [6, 6.07) is 5.52. The van der Waals surface area contributed by atoms with Gasteiger partial charge in [-0.3, -0.25) is 0 Å². The highest BCUT2D eigenvalue weighted by atomic mass is 35.5. The molecule has 2 atom stereocenters. The van der Waals surface area contributed by atoms with Gasteiger partial charge in [-0.2, -0.15) is 5.26 Å². The van der Waals surface area contributed by atoms with Crippen LogP contribution in [-0.4, -0.2) is 32.7 Å². The number of hydrogen-bond acceptors (Lipinski definition) is 5. The molecule has 2 aromatic heterocycles. The largest absolute Gasteiger partial charge is 0.385 e. The molecule has 1 aliphatic rings. The second-order valence-corrected chi connectivity index (χ2v) is 6.21. The van der Waals surface area contributed by atoms with Crippen LogP contribution in [0.5, 0.6) is 0 Å². The van der Waals surface area contributed by atoms with E-state index in [9.17, 15) is 5.11 Å². The summed E-state index contributed by atoms with van der Waals surface area (Å²) in [6.45, 7) is 1.52. The highest BCUT2D eigenvalue weighted by Gasteiger charge is 2.29. The fourth-order valence-corrected chi connectivity index (χ4v) is 3.18. The van der Waals surface area contributed by atoms with Crippen molar-refractivity contribution < 1.29 is 5.11 Å². The molecular weight excluding hydrogens is 314 g/mol. The number of pyridine rings is 1. The van der Waals surface area contributed by atoms with E-state index < -0.39 is 6.10 Å². The molecule has 6 nitrogen and oxygen atoms in total. The van der Waals surface area contributed by atoms with Crippen LogP contribution >= 0.6 is 11.6 Å². The molecule has 23 heavy (non-hydrogen) atoms. The van der Waals surface area contributed by atoms with Crippen LogP contribution in [0.25, 0.3) is 0 Å². The highest BCUT2D eigenvalue weighted by Crippen LogP contribution is 2.31. The van der Waals surface area contributed by atoms with Crippen molar-refractivity contribution in [3.63, 3.8) is 0 Å². The van der Waals surface area contributed by atoms with E-state index >= 15 is 0 Å². The molecule has 1 aliphatic heterocycles. The molecule has 0 saturated carbocycles. The van der Waals surface area contributed by atoms with Crippen LogP contribution in [0.15, 0.2) is 24.5 Å². The zero-order chi connectivity index (χ0) is 16.4. The van der Waals surface area contributed by atoms with E-state index in [1.165, 1.54) is 0 Å². The quantitative estimate of drug-likeness (QED) is 0.933. The van der Waals surface area contributed by atoms with Gasteiger partial charge in [0.25, 0.3) is 0 Å². The Morgan fingerprint density at radius 1 is 1.48 bits per heavy atom. The predicted molar refractivity (Wildman–Crippen MR) is 87.1 cm³/mol. The SMILES string of the molecule is Cn1ccnc1C(O)C1CCCN(c2ccc(Cl)c(C#N)n2)C1. The fourth-order valence-electron chi connectivity index (χ4n) is 3.04. The van der Waals surface area contributed by atoms with Gasteiger partial charge in [-0.05, 0) is 25.0 Å². The Kier molecular flexibility index (Phi) is 4.51. The maximum Gasteiger partial charge on any atom is 0.161 e. The van der Waals surface area contributed by atoms with E-state index in [0.29, 0.717) is 17.4 Å². The molecule has 1 fully saturated rings. The number of imidazole rings is 1. The van der Waals surface area contributed by atoms with Gasteiger partial charge in [0.15, 0.2) is 5.69 Å². The number of aliphatic hydroxyl groups is 1. The van der Waals surface area contributed by atoms with Crippen LogP contribution in [0, 0.1) is 17.2 Å². The molecule has 7 heteroatoms. The Hall–Kier alpha value is -2.10. The minimum Gasteiger partial charge on any atom is -0.385 e. The normalized spacial score (nSPS) is 19.4. The van der Waals surface area contributed by atoms with E-state index in [2.05, 4.69) is 14.9 Å². The smallest absolute Gasteiger partial charge is 0.161 e. The number of nitriles is 1. The maximum absolute atomic E-state index is 10.6. The van der Waals surface area contributed by atoms with Crippen molar-refractivity contribution in [2.24, 2.45) is 13.0 Å². The van der Waals surface area contributed by atoms with Gasteiger partial charge in [0.2, 0.25) is 0 Å². The maximum atomic E-state index is 10.6. The van der Waals surface area contributed by atoms with Gasteiger partial charge in [0.1, 0.15) is 23.8 Å². The van der Waals surface area contributed by atoms with Crippen molar-refractivity contribution in [1.82, 2.24) is 14.5 Å². The number of halogens is 1. The summed E-state index contributed by atoms with van der Waals surface area (Å²) in [6.07, 6.45) is 4.81. The first-order valence-electron chi connectivity index (χ1n) is 7.57. The van der Waals surface area contributed by atoms with Gasteiger partial charge in [-0.15, -0.1) is 0 Å². The lowest BCUT2D eigenvalue weighted by atomic mass is 9.92. The third-order valence-electron chi connectivity index (χ3n) is 4.29. The molecule has 3 rings (SSSR count). The first-order chi connectivity index (χ1) is 11.1. The van der Waals surface area contributed by atoms with E-state index in [4.69, 9.17) is 16.9 Å². The van der Waals surface area contributed by atoms with Gasteiger partial charge in [0.05, 0.1) is 5.02 Å². The first kappa shape index (κ1) is 15.8. The van der Waals surface area contributed by atoms with Crippen LogP contribution in [0.1, 0.15) is 30.5 Å². The van der Waals surface area contributed by atoms with E-state index in [1.807, 2.05) is 29.9 Å². The molecule has 0 radical (unpaired) electrons. The van der Waals surface area contributed by atoms with Crippen molar-refractivity contribution in [2.45, 2.75) is 18.9 Å². The summed E-state index contributed by atoms with van der Waals surface area (Å²) in [5, 5.41) is 20.1. The fraction of sp³-hybridized carbons (Fsp3) is 0.438. The molecule has 1 saturated heterocycles. The van der Waals surface area contributed by atoms with E-state index in [1.54, 1.807) is 12.3 Å². The zero-order valence-electron chi connectivity index (χ0n) is 12.9. The number of rotatable bonds is 3. The summed E-state index contributed by atoms with van der Waals surface area (Å²) in [5.74, 6) is 1.48. The summed E-state index contributed by atoms with van der Waals surface area (Å²) in [5.41, 5.74) is 0.232. The molecule has 3 heterocycles. The van der Waals surface area contributed by atoms with Crippen LogP contribution in [0.4, 0.5) is 5.82 Å². The van der Waals surface area contributed by atoms with Crippen LogP contribution in [-0.2, 0) is 7.05 Å². The zero-order valence-corrected chi connectivity index (χ0v) is 13.6. The molecule has 0 spiro atoms. The van der Waals surface area contributed by atoms with Crippen LogP contribution in [0.2, 0.25) is 5.02 Å². The van der Waals surface area contributed by atoms with Crippen molar-refractivity contribution in [1.29, 1.82) is 5.26 Å². The van der Waals surface area contributed by atoms with Crippen molar-refractivity contribution in [2.75, 3.05) is 18.0 Å². The third kappa shape index (κ3) is 3.16. The number of piperidine rings is 1. The summed E-state index contributed by atoms with van der Waals surface area (Å²) in [4.78, 5) is 10.7. The topological polar surface area (TPSA) is 78.0 Å². The molecule has 120 valence electrons. The number of aromatic nitrogens is 3. The van der Waals surface area contributed by atoms with Crippen molar-refractivity contribution in [3.05, 3.63) is 41.1 Å². The minimum absolute atomic E-state index is 0.0767. The number of hydrogen-bond donors (Lipinski definition) is 1. The second-order valence-electron chi connectivity index (χ2n) is 5.80.